The highest BCUT2D eigenvalue weighted by molar-refractivity contribution is 5.89. The van der Waals surface area contributed by atoms with Crippen LogP contribution in [0.15, 0.2) is 77.6 Å². The van der Waals surface area contributed by atoms with Gasteiger partial charge in [-0.15, -0.1) is 0 Å². The highest BCUT2D eigenvalue weighted by atomic mass is 16.5. The Balaban J connectivity index is 0.000000210. The molecule has 1 aromatic heterocycles. The lowest BCUT2D eigenvalue weighted by molar-refractivity contribution is -0.105. The Bertz CT molecular complexity index is 1320. The topological polar surface area (TPSA) is 97.3 Å². The fourth-order valence-corrected chi connectivity index (χ4v) is 3.94. The molecule has 0 bridgehead atoms. The molecule has 1 amide bonds. The zero-order valence-electron chi connectivity index (χ0n) is 19.1. The van der Waals surface area contributed by atoms with E-state index in [0.717, 1.165) is 40.4 Å². The minimum Gasteiger partial charge on any atom is -0.497 e. The lowest BCUT2D eigenvalue weighted by Crippen LogP contribution is -2.35. The van der Waals surface area contributed by atoms with Crippen LogP contribution in [0.25, 0.3) is 10.9 Å². The molecule has 1 aliphatic heterocycles. The van der Waals surface area contributed by atoms with Gasteiger partial charge in [0.15, 0.2) is 0 Å². The maximum absolute atomic E-state index is 12.4. The van der Waals surface area contributed by atoms with Gasteiger partial charge in [-0.3, -0.25) is 9.36 Å². The van der Waals surface area contributed by atoms with Crippen LogP contribution in [0.3, 0.4) is 0 Å². The zero-order valence-corrected chi connectivity index (χ0v) is 19.1. The molecule has 1 unspecified atom stereocenters. The minimum absolute atomic E-state index is 0.192. The summed E-state index contributed by atoms with van der Waals surface area (Å²) in [7, 11) is 3.51. The van der Waals surface area contributed by atoms with Crippen molar-refractivity contribution >= 4 is 34.5 Å². The molecule has 0 saturated heterocycles. The van der Waals surface area contributed by atoms with Crippen molar-refractivity contribution in [3.8, 4) is 5.75 Å². The number of methoxy groups -OCH3 is 1. The van der Waals surface area contributed by atoms with E-state index in [-0.39, 0.29) is 11.6 Å². The predicted octanol–water partition coefficient (Wildman–Crippen LogP) is 3.91. The van der Waals surface area contributed by atoms with Gasteiger partial charge in [0, 0.05) is 42.8 Å². The van der Waals surface area contributed by atoms with Crippen molar-refractivity contribution < 1.29 is 9.53 Å². The van der Waals surface area contributed by atoms with Crippen molar-refractivity contribution in [1.82, 2.24) is 9.55 Å². The highest BCUT2D eigenvalue weighted by Crippen LogP contribution is 2.29. The molecule has 8 nitrogen and oxygen atoms in total. The fraction of sp³-hybridized carbons (Fsp3) is 0.192. The minimum atomic E-state index is -0.192. The highest BCUT2D eigenvalue weighted by Gasteiger charge is 2.22. The van der Waals surface area contributed by atoms with Gasteiger partial charge in [0.1, 0.15) is 11.6 Å². The van der Waals surface area contributed by atoms with Crippen LogP contribution in [0.2, 0.25) is 0 Å². The van der Waals surface area contributed by atoms with E-state index in [1.165, 1.54) is 5.56 Å². The Morgan fingerprint density at radius 3 is 2.41 bits per heavy atom. The average molecular weight is 458 g/mol. The number of fused-ring (bicyclic) bond motifs is 3. The number of para-hydroxylation sites is 1. The monoisotopic (exact) mass is 457 g/mol. The van der Waals surface area contributed by atoms with Gasteiger partial charge in [-0.05, 0) is 54.1 Å². The number of hydrogen-bond acceptors (Lipinski definition) is 6. The van der Waals surface area contributed by atoms with Crippen molar-refractivity contribution in [3.05, 3.63) is 88.8 Å². The lowest BCUT2D eigenvalue weighted by Gasteiger charge is -2.28. The van der Waals surface area contributed by atoms with Crippen LogP contribution >= 0.6 is 0 Å². The van der Waals surface area contributed by atoms with E-state index in [1.54, 1.807) is 35.9 Å². The third-order valence-corrected chi connectivity index (χ3v) is 5.78. The van der Waals surface area contributed by atoms with Crippen LogP contribution < -0.4 is 26.4 Å². The number of nitrogens with one attached hydrogen (secondary N) is 3. The van der Waals surface area contributed by atoms with Gasteiger partial charge in [-0.2, -0.15) is 4.98 Å². The molecule has 0 aliphatic carbocycles. The number of ether oxygens (including phenoxy) is 1. The molecule has 174 valence electrons. The first-order valence-electron chi connectivity index (χ1n) is 11.0. The van der Waals surface area contributed by atoms with Gasteiger partial charge in [-0.1, -0.05) is 24.3 Å². The Hall–Kier alpha value is -4.33. The Morgan fingerprint density at radius 1 is 1.03 bits per heavy atom. The number of anilines is 3. The maximum atomic E-state index is 12.4. The summed E-state index contributed by atoms with van der Waals surface area (Å²) < 4.78 is 6.68. The average Bonchev–Trinajstić information content (AvgIpc) is 2.90. The zero-order chi connectivity index (χ0) is 23.9. The second kappa shape index (κ2) is 10.5. The molecular formula is C26H27N5O3. The van der Waals surface area contributed by atoms with Crippen molar-refractivity contribution in [2.24, 2.45) is 0 Å². The number of nitrogens with zero attached hydrogens (tertiary/aromatic N) is 2. The summed E-state index contributed by atoms with van der Waals surface area (Å²) in [5.74, 6) is 1.92. The molecule has 8 heteroatoms. The van der Waals surface area contributed by atoms with Gasteiger partial charge in [-0.25, -0.2) is 4.79 Å². The molecule has 3 aromatic carbocycles. The molecule has 1 aliphatic rings. The summed E-state index contributed by atoms with van der Waals surface area (Å²) in [5, 5.41) is 10.1. The second-order valence-electron chi connectivity index (χ2n) is 7.81. The molecule has 0 saturated carbocycles. The third kappa shape index (κ3) is 5.01. The molecule has 5 rings (SSSR count). The first-order valence-corrected chi connectivity index (χ1v) is 11.0. The maximum Gasteiger partial charge on any atom is 0.349 e. The van der Waals surface area contributed by atoms with Gasteiger partial charge in [0.25, 0.3) is 0 Å². The largest absolute Gasteiger partial charge is 0.497 e. The van der Waals surface area contributed by atoms with Crippen LogP contribution in [0.1, 0.15) is 11.5 Å². The van der Waals surface area contributed by atoms with Crippen LogP contribution in [-0.4, -0.2) is 36.7 Å². The van der Waals surface area contributed by atoms with E-state index in [1.807, 2.05) is 31.3 Å². The number of carbonyl (C=O) groups is 1. The van der Waals surface area contributed by atoms with Gasteiger partial charge >= 0.3 is 5.69 Å². The Labute approximate surface area is 197 Å². The molecule has 34 heavy (non-hydrogen) atoms. The standard InChI is InChI=1S/C18H18N4O.C8H9NO2/c1-19-14-8-6-12(7-9-14)13-10-20-17-15-4-2-3-5-16(15)21-18(23)22(17)11-13;1-11-8-4-2-7(3-5-8)9-6-10/h2-9,13,19-20H,10-11H2,1H3;2-6H,1H3,(H,9,10). The lowest BCUT2D eigenvalue weighted by atomic mass is 9.97. The number of benzene rings is 3. The summed E-state index contributed by atoms with van der Waals surface area (Å²) in [6, 6.07) is 23.2. The smallest absolute Gasteiger partial charge is 0.349 e. The van der Waals surface area contributed by atoms with Crippen molar-refractivity contribution in [1.29, 1.82) is 0 Å². The Morgan fingerprint density at radius 2 is 1.74 bits per heavy atom. The molecule has 3 N–H and O–H groups in total. The van der Waals surface area contributed by atoms with Crippen LogP contribution in [-0.2, 0) is 11.3 Å². The predicted molar refractivity (Wildman–Crippen MR) is 136 cm³/mol. The summed E-state index contributed by atoms with van der Waals surface area (Å²) in [6.45, 7) is 1.46. The number of aromatic nitrogens is 2. The molecule has 0 fully saturated rings. The van der Waals surface area contributed by atoms with E-state index in [0.29, 0.717) is 13.0 Å². The molecule has 0 radical (unpaired) electrons. The number of amides is 1. The molecule has 1 atom stereocenters. The molecule has 4 aromatic rings. The van der Waals surface area contributed by atoms with E-state index in [4.69, 9.17) is 4.74 Å². The van der Waals surface area contributed by atoms with Crippen molar-refractivity contribution in [2.75, 3.05) is 36.7 Å². The fourth-order valence-electron chi connectivity index (χ4n) is 3.94. The number of rotatable bonds is 5. The quantitative estimate of drug-likeness (QED) is 0.393. The number of carbonyl (C=O) groups excluding carboxylic acids is 1. The van der Waals surface area contributed by atoms with Crippen LogP contribution in [0.4, 0.5) is 17.2 Å². The number of hydrogen-bond donors (Lipinski definition) is 3. The van der Waals surface area contributed by atoms with Gasteiger partial charge in [0.05, 0.1) is 12.6 Å². The third-order valence-electron chi connectivity index (χ3n) is 5.78. The van der Waals surface area contributed by atoms with E-state index in [2.05, 4.69) is 45.2 Å². The summed E-state index contributed by atoms with van der Waals surface area (Å²) >= 11 is 0. The first kappa shape index (κ1) is 22.8. The first-order chi connectivity index (χ1) is 16.6. The van der Waals surface area contributed by atoms with Crippen LogP contribution in [0.5, 0.6) is 5.75 Å². The van der Waals surface area contributed by atoms with E-state index < -0.39 is 0 Å². The molecular weight excluding hydrogens is 430 g/mol. The normalized spacial score (nSPS) is 14.1. The molecule has 2 heterocycles. The van der Waals surface area contributed by atoms with E-state index >= 15 is 0 Å². The van der Waals surface area contributed by atoms with Crippen LogP contribution in [0, 0.1) is 0 Å². The summed E-state index contributed by atoms with van der Waals surface area (Å²) in [5.41, 5.74) is 3.63. The summed E-state index contributed by atoms with van der Waals surface area (Å²) in [4.78, 5) is 26.5. The van der Waals surface area contributed by atoms with Crippen molar-refractivity contribution in [3.63, 3.8) is 0 Å². The second-order valence-corrected chi connectivity index (χ2v) is 7.81. The SMILES string of the molecule is CNc1ccc(C2CNc3c4ccccc4nc(=O)n3C2)cc1.COc1ccc(NC=O)cc1. The van der Waals surface area contributed by atoms with Crippen molar-refractivity contribution in [2.45, 2.75) is 12.5 Å². The van der Waals surface area contributed by atoms with Gasteiger partial charge in [0.2, 0.25) is 6.41 Å². The Kier molecular flexibility index (Phi) is 7.07. The van der Waals surface area contributed by atoms with E-state index in [9.17, 15) is 9.59 Å². The molecule has 0 spiro atoms. The van der Waals surface area contributed by atoms with Gasteiger partial charge < -0.3 is 20.7 Å². The summed E-state index contributed by atoms with van der Waals surface area (Å²) in [6.07, 6.45) is 0.641.